The van der Waals surface area contributed by atoms with E-state index in [9.17, 15) is 14.0 Å². The summed E-state index contributed by atoms with van der Waals surface area (Å²) < 4.78 is 20.5. The third kappa shape index (κ3) is 6.26. The number of ether oxygens (including phenoxy) is 1. The smallest absolute Gasteiger partial charge is 0.254 e. The summed E-state index contributed by atoms with van der Waals surface area (Å²) in [5.74, 6) is 0.225. The zero-order chi connectivity index (χ0) is 27.2. The topological polar surface area (TPSA) is 76.5 Å². The minimum Gasteiger partial charge on any atom is -0.497 e. The highest BCUT2D eigenvalue weighted by molar-refractivity contribution is 6.00. The normalized spacial score (nSPS) is 10.9. The van der Waals surface area contributed by atoms with E-state index in [1.165, 1.54) is 12.1 Å². The number of rotatable bonds is 9. The number of benzene rings is 3. The lowest BCUT2D eigenvalue weighted by Crippen LogP contribution is -2.40. The zero-order valence-electron chi connectivity index (χ0n) is 21.9. The first-order valence-corrected chi connectivity index (χ1v) is 12.4. The molecule has 7 nitrogen and oxygen atoms in total. The molecule has 0 saturated carbocycles. The summed E-state index contributed by atoms with van der Waals surface area (Å²) in [5.41, 5.74) is 3.43. The number of imidazole rings is 1. The van der Waals surface area contributed by atoms with E-state index < -0.39 is 0 Å². The highest BCUT2D eigenvalue weighted by atomic mass is 19.1. The van der Waals surface area contributed by atoms with Crippen LogP contribution < -0.4 is 10.1 Å². The molecule has 0 spiro atoms. The number of hydrogen-bond acceptors (Lipinski definition) is 4. The van der Waals surface area contributed by atoms with E-state index in [0.29, 0.717) is 29.1 Å². The van der Waals surface area contributed by atoms with Gasteiger partial charge in [-0.15, -0.1) is 0 Å². The minimum atomic E-state index is -0.376. The van der Waals surface area contributed by atoms with Gasteiger partial charge in [0, 0.05) is 29.6 Å². The van der Waals surface area contributed by atoms with E-state index in [4.69, 9.17) is 4.74 Å². The molecule has 0 unspecified atom stereocenters. The predicted molar refractivity (Wildman–Crippen MR) is 146 cm³/mol. The van der Waals surface area contributed by atoms with E-state index in [2.05, 4.69) is 10.3 Å². The number of nitrogens with zero attached hydrogens (tertiary/aromatic N) is 3. The maximum absolute atomic E-state index is 13.5. The van der Waals surface area contributed by atoms with Crippen LogP contribution in [0, 0.1) is 18.7 Å². The highest BCUT2D eigenvalue weighted by Gasteiger charge is 2.22. The number of hydrogen-bond donors (Lipinski definition) is 1. The molecule has 0 saturated heterocycles. The number of aromatic nitrogens is 2. The lowest BCUT2D eigenvalue weighted by molar-refractivity contribution is -0.117. The van der Waals surface area contributed by atoms with E-state index in [1.807, 2.05) is 63.2 Å². The first-order valence-electron chi connectivity index (χ1n) is 12.4. The summed E-state index contributed by atoms with van der Waals surface area (Å²) in [7, 11) is 1.59. The van der Waals surface area contributed by atoms with Gasteiger partial charge in [-0.3, -0.25) is 19.5 Å². The highest BCUT2D eigenvalue weighted by Crippen LogP contribution is 2.26. The van der Waals surface area contributed by atoms with Crippen molar-refractivity contribution in [2.75, 3.05) is 25.5 Å². The molecule has 4 rings (SSSR count). The summed E-state index contributed by atoms with van der Waals surface area (Å²) in [6.07, 6.45) is 1.77. The zero-order valence-corrected chi connectivity index (χ0v) is 21.9. The maximum Gasteiger partial charge on any atom is 0.254 e. The Morgan fingerprint density at radius 3 is 2.34 bits per heavy atom. The van der Waals surface area contributed by atoms with Gasteiger partial charge in [0.2, 0.25) is 11.9 Å². The van der Waals surface area contributed by atoms with Crippen LogP contribution in [-0.2, 0) is 4.79 Å². The number of halogens is 1. The molecular weight excluding hydrogens is 483 g/mol. The molecule has 0 aliphatic rings. The number of amides is 2. The summed E-state index contributed by atoms with van der Waals surface area (Å²) in [5, 5.41) is 2.88. The Bertz CT molecular complexity index is 1410. The van der Waals surface area contributed by atoms with Crippen molar-refractivity contribution in [3.63, 3.8) is 0 Å². The second-order valence-electron chi connectivity index (χ2n) is 9.47. The third-order valence-electron chi connectivity index (χ3n) is 6.03. The summed E-state index contributed by atoms with van der Waals surface area (Å²) >= 11 is 0. The Hall–Kier alpha value is -4.46. The summed E-state index contributed by atoms with van der Waals surface area (Å²) in [6, 6.07) is 20.6. The molecule has 4 aromatic rings. The average molecular weight is 515 g/mol. The van der Waals surface area contributed by atoms with Crippen molar-refractivity contribution < 1.29 is 18.7 Å². The lowest BCUT2D eigenvalue weighted by Gasteiger charge is -2.25. The van der Waals surface area contributed by atoms with Gasteiger partial charge in [0.05, 0.1) is 12.8 Å². The standard InChI is InChI=1S/C30H31FN4O3/c1-20(2)17-34(29(37)26-8-6-5-7-21(26)3)19-28(36)33-30-32-27(22-9-11-23(31)12-10-22)18-35(30)24-13-15-25(38-4)16-14-24/h5-16,18,20H,17,19H2,1-4H3,(H,32,33,36). The van der Waals surface area contributed by atoms with Crippen molar-refractivity contribution in [2.45, 2.75) is 20.8 Å². The summed E-state index contributed by atoms with van der Waals surface area (Å²) in [6.45, 7) is 6.17. The molecule has 196 valence electrons. The van der Waals surface area contributed by atoms with Crippen LogP contribution in [0.4, 0.5) is 10.3 Å². The van der Waals surface area contributed by atoms with Gasteiger partial charge in [-0.1, -0.05) is 32.0 Å². The monoisotopic (exact) mass is 514 g/mol. The number of nitrogens with one attached hydrogen (secondary N) is 1. The molecule has 3 aromatic carbocycles. The van der Waals surface area contributed by atoms with Crippen LogP contribution >= 0.6 is 0 Å². The Kier molecular flexibility index (Phi) is 8.21. The number of carbonyl (C=O) groups excluding carboxylic acids is 2. The van der Waals surface area contributed by atoms with Gasteiger partial charge in [-0.25, -0.2) is 9.37 Å². The largest absolute Gasteiger partial charge is 0.497 e. The molecular formula is C30H31FN4O3. The van der Waals surface area contributed by atoms with E-state index >= 15 is 0 Å². The van der Waals surface area contributed by atoms with Crippen molar-refractivity contribution >= 4 is 17.8 Å². The van der Waals surface area contributed by atoms with Crippen LogP contribution in [0.3, 0.4) is 0 Å². The van der Waals surface area contributed by atoms with Gasteiger partial charge in [0.15, 0.2) is 0 Å². The van der Waals surface area contributed by atoms with Crippen molar-refractivity contribution in [1.29, 1.82) is 0 Å². The van der Waals surface area contributed by atoms with Gasteiger partial charge in [-0.2, -0.15) is 0 Å². The van der Waals surface area contributed by atoms with Gasteiger partial charge in [0.25, 0.3) is 5.91 Å². The van der Waals surface area contributed by atoms with E-state index in [1.54, 1.807) is 41.0 Å². The summed E-state index contributed by atoms with van der Waals surface area (Å²) in [4.78, 5) is 32.8. The van der Waals surface area contributed by atoms with Gasteiger partial charge < -0.3 is 9.64 Å². The molecule has 2 amide bonds. The van der Waals surface area contributed by atoms with Gasteiger partial charge in [-0.05, 0) is 73.0 Å². The fourth-order valence-corrected chi connectivity index (χ4v) is 4.15. The van der Waals surface area contributed by atoms with Gasteiger partial charge in [0.1, 0.15) is 18.1 Å². The van der Waals surface area contributed by atoms with Crippen molar-refractivity contribution in [1.82, 2.24) is 14.5 Å². The minimum absolute atomic E-state index is 0.132. The third-order valence-corrected chi connectivity index (χ3v) is 6.03. The molecule has 0 radical (unpaired) electrons. The fourth-order valence-electron chi connectivity index (χ4n) is 4.15. The number of carbonyl (C=O) groups is 2. The SMILES string of the molecule is COc1ccc(-n2cc(-c3ccc(F)cc3)nc2NC(=O)CN(CC(C)C)C(=O)c2ccccc2C)cc1. The van der Waals surface area contributed by atoms with Gasteiger partial charge >= 0.3 is 0 Å². The quantitative estimate of drug-likeness (QED) is 0.309. The molecule has 1 aromatic heterocycles. The van der Waals surface area contributed by atoms with Crippen molar-refractivity contribution in [3.05, 3.63) is 95.9 Å². The van der Waals surface area contributed by atoms with Crippen molar-refractivity contribution in [3.8, 4) is 22.7 Å². The fraction of sp³-hybridized carbons (Fsp3) is 0.233. The number of methoxy groups -OCH3 is 1. The maximum atomic E-state index is 13.5. The first kappa shape index (κ1) is 26.6. The molecule has 38 heavy (non-hydrogen) atoms. The van der Waals surface area contributed by atoms with Crippen LogP contribution in [0.2, 0.25) is 0 Å². The van der Waals surface area contributed by atoms with Crippen LogP contribution in [0.25, 0.3) is 16.9 Å². The van der Waals surface area contributed by atoms with Crippen molar-refractivity contribution in [2.24, 2.45) is 5.92 Å². The Labute approximate surface area is 221 Å². The second kappa shape index (κ2) is 11.7. The van der Waals surface area contributed by atoms with E-state index in [-0.39, 0.29) is 36.0 Å². The second-order valence-corrected chi connectivity index (χ2v) is 9.47. The molecule has 0 aliphatic carbocycles. The number of anilines is 1. The first-order chi connectivity index (χ1) is 18.2. The molecule has 0 aliphatic heterocycles. The van der Waals surface area contributed by atoms with Crippen LogP contribution in [0.1, 0.15) is 29.8 Å². The lowest BCUT2D eigenvalue weighted by atomic mass is 10.1. The molecule has 1 N–H and O–H groups in total. The Morgan fingerprint density at radius 2 is 1.71 bits per heavy atom. The molecule has 0 bridgehead atoms. The average Bonchev–Trinajstić information content (AvgIpc) is 3.31. The molecule has 0 atom stereocenters. The van der Waals surface area contributed by atoms with Crippen LogP contribution in [0.15, 0.2) is 79.0 Å². The van der Waals surface area contributed by atoms with E-state index in [0.717, 1.165) is 11.3 Å². The van der Waals surface area contributed by atoms with Crippen LogP contribution in [-0.4, -0.2) is 46.5 Å². The molecule has 0 fully saturated rings. The molecule has 1 heterocycles. The number of aryl methyl sites for hydroxylation is 1. The van der Waals surface area contributed by atoms with Crippen LogP contribution in [0.5, 0.6) is 5.75 Å². The Morgan fingerprint density at radius 1 is 1.03 bits per heavy atom. The Balaban J connectivity index is 1.63. The predicted octanol–water partition coefficient (Wildman–Crippen LogP) is 5.73. The molecule has 8 heteroatoms.